The molecule has 0 atom stereocenters. The Kier molecular flexibility index (Phi) is 9.40. The fourth-order valence-corrected chi connectivity index (χ4v) is 1.48. The molecule has 0 amide bonds. The van der Waals surface area contributed by atoms with Gasteiger partial charge in [-0.1, -0.05) is 18.2 Å². The van der Waals surface area contributed by atoms with E-state index in [0.717, 1.165) is 0 Å². The molecule has 0 bridgehead atoms. The van der Waals surface area contributed by atoms with Crippen LogP contribution in [0.2, 0.25) is 0 Å². The fourth-order valence-electron chi connectivity index (χ4n) is 0.630. The van der Waals surface area contributed by atoms with Crippen molar-refractivity contribution in [2.75, 3.05) is 0 Å². The van der Waals surface area contributed by atoms with E-state index < -0.39 is 0 Å². The second kappa shape index (κ2) is 10.1. The molecule has 1 aromatic rings. The molecule has 0 saturated heterocycles. The van der Waals surface area contributed by atoms with Gasteiger partial charge in [-0.3, -0.25) is 0 Å². The molecule has 0 heterocycles. The molecule has 0 spiro atoms. The normalized spacial score (nSPS) is 10.1. The third-order valence-electron chi connectivity index (χ3n) is 1.19. The van der Waals surface area contributed by atoms with Gasteiger partial charge in [-0.05, 0) is 12.1 Å². The Morgan fingerprint density at radius 3 is 1.79 bits per heavy atom. The molecule has 1 rings (SSSR count). The molecule has 0 aromatic heterocycles. The molecule has 0 aliphatic carbocycles. The van der Waals surface area contributed by atoms with E-state index in [1.165, 1.54) is 0 Å². The first kappa shape index (κ1) is 13.0. The summed E-state index contributed by atoms with van der Waals surface area (Å²) in [6, 6.07) is 8.71. The smallest absolute Gasteiger partial charge is 0.115 e. The number of phenolic OH excluding ortho intramolecular Hbond substituents is 1. The fraction of sp³-hybridized carbons (Fsp3) is 0.167. The van der Waals surface area contributed by atoms with Crippen LogP contribution in [0.25, 0.3) is 0 Å². The number of allylic oxidation sites excluding steroid dienone is 2. The number of para-hydroxylation sites is 1. The van der Waals surface area contributed by atoms with Crippen molar-refractivity contribution in [3.63, 3.8) is 0 Å². The summed E-state index contributed by atoms with van der Waals surface area (Å²) in [4.78, 5) is 4.38. The van der Waals surface area contributed by atoms with E-state index in [2.05, 4.69) is 22.1 Å². The van der Waals surface area contributed by atoms with Gasteiger partial charge in [-0.25, -0.2) is 0 Å². The summed E-state index contributed by atoms with van der Waals surface area (Å²) in [6.07, 6.45) is 4.17. The summed E-state index contributed by atoms with van der Waals surface area (Å²) in [5.41, 5.74) is 0. The molecule has 1 nitrogen and oxygen atoms in total. The molecule has 1 aromatic carbocycles. The van der Waals surface area contributed by atoms with Crippen molar-refractivity contribution in [3.8, 4) is 5.75 Å². The summed E-state index contributed by atoms with van der Waals surface area (Å²) in [5, 5.41) is 8.63. The second-order valence-corrected chi connectivity index (χ2v) is 4.12. The van der Waals surface area contributed by atoms with E-state index in [1.807, 2.05) is 19.9 Å². The van der Waals surface area contributed by atoms with Gasteiger partial charge in [0, 0.05) is 0 Å². The molecular weight excluding hydrogens is 239 g/mol. The first-order chi connectivity index (χ1) is 6.81. The number of hydrogen-bond acceptors (Lipinski definition) is 1. The zero-order valence-corrected chi connectivity index (χ0v) is 10.3. The molecule has 14 heavy (non-hydrogen) atoms. The maximum atomic E-state index is 8.63. The monoisotopic (exact) mass is 256 g/mol. The molecule has 0 unspecified atom stereocenters. The van der Waals surface area contributed by atoms with Crippen molar-refractivity contribution < 1.29 is 5.11 Å². The molecular formula is C12H16OSe. The van der Waals surface area contributed by atoms with Crippen LogP contribution in [0.4, 0.5) is 0 Å². The number of aromatic hydroxyl groups is 1. The molecule has 2 heteroatoms. The van der Waals surface area contributed by atoms with Crippen LogP contribution in [0.3, 0.4) is 0 Å². The van der Waals surface area contributed by atoms with Gasteiger partial charge < -0.3 is 5.11 Å². The average molecular weight is 255 g/mol. The summed E-state index contributed by atoms with van der Waals surface area (Å²) in [7, 11) is 0. The van der Waals surface area contributed by atoms with Gasteiger partial charge >= 0.3 is 50.9 Å². The topological polar surface area (TPSA) is 20.2 Å². The van der Waals surface area contributed by atoms with Crippen LogP contribution in [0, 0.1) is 0 Å². The van der Waals surface area contributed by atoms with Gasteiger partial charge in [0.05, 0.1) is 0 Å². The quantitative estimate of drug-likeness (QED) is 0.805. The van der Waals surface area contributed by atoms with Gasteiger partial charge in [0.15, 0.2) is 0 Å². The Labute approximate surface area is 92.3 Å². The predicted molar refractivity (Wildman–Crippen MR) is 63.5 cm³/mol. The van der Waals surface area contributed by atoms with Crippen molar-refractivity contribution in [3.05, 3.63) is 52.4 Å². The standard InChI is InChI=1S/C6H6O.C6H10Se/c7-6-4-2-1-3-5-6;1-3-5-7-6-4-2/h1-5,7H;3-6H,1-2H3. The largest absolute Gasteiger partial charge is 0.508 e. The Morgan fingerprint density at radius 1 is 1.00 bits per heavy atom. The Hall–Kier alpha value is -0.981. The van der Waals surface area contributed by atoms with Crippen LogP contribution < -0.4 is 0 Å². The minimum Gasteiger partial charge on any atom is -0.508 e. The van der Waals surface area contributed by atoms with Gasteiger partial charge in [-0.15, -0.1) is 0 Å². The zero-order valence-electron chi connectivity index (χ0n) is 8.55. The molecule has 0 aliphatic rings. The minimum absolute atomic E-state index is 0.322. The van der Waals surface area contributed by atoms with E-state index in [4.69, 9.17) is 5.11 Å². The van der Waals surface area contributed by atoms with Crippen LogP contribution in [0.15, 0.2) is 52.4 Å². The Morgan fingerprint density at radius 2 is 1.50 bits per heavy atom. The summed E-state index contributed by atoms with van der Waals surface area (Å²) >= 11 is 0.615. The van der Waals surface area contributed by atoms with Crippen LogP contribution in [0.5, 0.6) is 5.75 Å². The van der Waals surface area contributed by atoms with E-state index in [-0.39, 0.29) is 0 Å². The van der Waals surface area contributed by atoms with E-state index in [0.29, 0.717) is 20.7 Å². The Balaban J connectivity index is 0.000000241. The number of rotatable bonds is 2. The first-order valence-corrected chi connectivity index (χ1v) is 6.41. The average Bonchev–Trinajstić information content (AvgIpc) is 2.21. The molecule has 0 fully saturated rings. The van der Waals surface area contributed by atoms with Crippen molar-refractivity contribution in [1.82, 2.24) is 0 Å². The van der Waals surface area contributed by atoms with Crippen molar-refractivity contribution in [2.24, 2.45) is 0 Å². The third-order valence-corrected chi connectivity index (χ3v) is 2.99. The van der Waals surface area contributed by atoms with Crippen LogP contribution in [-0.4, -0.2) is 20.1 Å². The Bertz CT molecular complexity index is 255. The molecule has 1 N–H and O–H groups in total. The predicted octanol–water partition coefficient (Wildman–Crippen LogP) is 3.15. The van der Waals surface area contributed by atoms with Crippen LogP contribution >= 0.6 is 0 Å². The maximum Gasteiger partial charge on any atom is 0.115 e. The molecule has 0 radical (unpaired) electrons. The van der Waals surface area contributed by atoms with Crippen LogP contribution in [-0.2, 0) is 0 Å². The van der Waals surface area contributed by atoms with E-state index >= 15 is 0 Å². The molecule has 76 valence electrons. The first-order valence-electron chi connectivity index (χ1n) is 4.43. The summed E-state index contributed by atoms with van der Waals surface area (Å²) < 4.78 is 0. The van der Waals surface area contributed by atoms with Gasteiger partial charge in [-0.2, -0.15) is 0 Å². The number of hydrogen-bond donors (Lipinski definition) is 1. The molecule has 0 aliphatic heterocycles. The molecule has 0 saturated carbocycles. The van der Waals surface area contributed by atoms with Gasteiger partial charge in [0.1, 0.15) is 5.75 Å². The van der Waals surface area contributed by atoms with Gasteiger partial charge in [0.25, 0.3) is 0 Å². The van der Waals surface area contributed by atoms with E-state index in [9.17, 15) is 0 Å². The van der Waals surface area contributed by atoms with Crippen molar-refractivity contribution in [1.29, 1.82) is 0 Å². The SMILES string of the molecule is CC=C[Se]C=CC.Oc1ccccc1. The van der Waals surface area contributed by atoms with Gasteiger partial charge in [0.2, 0.25) is 0 Å². The van der Waals surface area contributed by atoms with Crippen molar-refractivity contribution >= 4 is 15.0 Å². The minimum atomic E-state index is 0.322. The number of benzene rings is 1. The summed E-state index contributed by atoms with van der Waals surface area (Å²) in [6.45, 7) is 4.09. The second-order valence-electron chi connectivity index (χ2n) is 2.41. The van der Waals surface area contributed by atoms with Crippen molar-refractivity contribution in [2.45, 2.75) is 13.8 Å². The van der Waals surface area contributed by atoms with E-state index in [1.54, 1.807) is 24.3 Å². The third kappa shape index (κ3) is 9.11. The zero-order chi connectivity index (χ0) is 10.6. The maximum absolute atomic E-state index is 8.63. The number of phenols is 1. The van der Waals surface area contributed by atoms with Crippen LogP contribution in [0.1, 0.15) is 13.8 Å². The summed E-state index contributed by atoms with van der Waals surface area (Å²) in [5.74, 6) is 0.322.